The molecule has 100 valence electrons. The zero-order chi connectivity index (χ0) is 13.5. The van der Waals surface area contributed by atoms with Crippen molar-refractivity contribution in [2.45, 2.75) is 19.3 Å². The van der Waals surface area contributed by atoms with E-state index in [1.807, 2.05) is 6.07 Å². The highest BCUT2D eigenvalue weighted by Crippen LogP contribution is 2.23. The maximum atomic E-state index is 5.28. The van der Waals surface area contributed by atoms with Crippen LogP contribution in [-0.2, 0) is 12.8 Å². The highest BCUT2D eigenvalue weighted by Gasteiger charge is 2.02. The van der Waals surface area contributed by atoms with Gasteiger partial charge in [0.25, 0.3) is 0 Å². The standard InChI is InChI=1S/C17H20O2/c1-18-16-11-15(12-17(13-16)19-2)10-6-9-14-7-4-3-5-8-14/h3-5,7-8,11-13H,6,9-10H2,1-2H3. The molecule has 0 heterocycles. The lowest BCUT2D eigenvalue weighted by Gasteiger charge is -2.08. The molecule has 2 nitrogen and oxygen atoms in total. The smallest absolute Gasteiger partial charge is 0.122 e. The first-order chi connectivity index (χ1) is 9.31. The van der Waals surface area contributed by atoms with Gasteiger partial charge in [-0.25, -0.2) is 0 Å². The lowest BCUT2D eigenvalue weighted by molar-refractivity contribution is 0.393. The van der Waals surface area contributed by atoms with Crippen LogP contribution in [0.5, 0.6) is 11.5 Å². The summed E-state index contributed by atoms with van der Waals surface area (Å²) >= 11 is 0. The van der Waals surface area contributed by atoms with Crippen molar-refractivity contribution in [3.05, 3.63) is 59.7 Å². The van der Waals surface area contributed by atoms with Gasteiger partial charge in [-0.05, 0) is 42.5 Å². The van der Waals surface area contributed by atoms with Crippen molar-refractivity contribution < 1.29 is 9.47 Å². The van der Waals surface area contributed by atoms with Crippen LogP contribution in [0.25, 0.3) is 0 Å². The highest BCUT2D eigenvalue weighted by atomic mass is 16.5. The lowest BCUT2D eigenvalue weighted by Crippen LogP contribution is -1.93. The minimum atomic E-state index is 0.856. The van der Waals surface area contributed by atoms with E-state index in [-0.39, 0.29) is 0 Å². The maximum Gasteiger partial charge on any atom is 0.122 e. The molecule has 0 saturated heterocycles. The van der Waals surface area contributed by atoms with Crippen LogP contribution in [0.3, 0.4) is 0 Å². The third-order valence-electron chi connectivity index (χ3n) is 3.18. The third-order valence-corrected chi connectivity index (χ3v) is 3.18. The Morgan fingerprint density at radius 1 is 0.737 bits per heavy atom. The van der Waals surface area contributed by atoms with Gasteiger partial charge in [0.1, 0.15) is 11.5 Å². The molecular formula is C17H20O2. The van der Waals surface area contributed by atoms with Crippen molar-refractivity contribution >= 4 is 0 Å². The number of benzene rings is 2. The molecule has 0 fully saturated rings. The van der Waals surface area contributed by atoms with Gasteiger partial charge in [-0.15, -0.1) is 0 Å². The summed E-state index contributed by atoms with van der Waals surface area (Å²) in [6, 6.07) is 16.6. The topological polar surface area (TPSA) is 18.5 Å². The van der Waals surface area contributed by atoms with Crippen LogP contribution < -0.4 is 9.47 Å². The molecule has 0 spiro atoms. The molecule has 2 heteroatoms. The van der Waals surface area contributed by atoms with Crippen molar-refractivity contribution in [2.75, 3.05) is 14.2 Å². The van der Waals surface area contributed by atoms with Gasteiger partial charge in [-0.3, -0.25) is 0 Å². The van der Waals surface area contributed by atoms with E-state index in [2.05, 4.69) is 42.5 Å². The van der Waals surface area contributed by atoms with Gasteiger partial charge in [0, 0.05) is 6.07 Å². The molecule has 2 rings (SSSR count). The SMILES string of the molecule is COc1cc(CCCc2ccccc2)cc(OC)c1. The third kappa shape index (κ3) is 4.02. The molecule has 0 radical (unpaired) electrons. The number of ether oxygens (including phenoxy) is 2. The Balaban J connectivity index is 1.95. The van der Waals surface area contributed by atoms with Crippen LogP contribution in [0.15, 0.2) is 48.5 Å². The van der Waals surface area contributed by atoms with Crippen molar-refractivity contribution in [3.8, 4) is 11.5 Å². The molecule has 2 aromatic carbocycles. The Bertz CT molecular complexity index is 484. The first-order valence-electron chi connectivity index (χ1n) is 6.57. The quantitative estimate of drug-likeness (QED) is 0.781. The fourth-order valence-electron chi connectivity index (χ4n) is 2.15. The van der Waals surface area contributed by atoms with Crippen LogP contribution in [0.1, 0.15) is 17.5 Å². The van der Waals surface area contributed by atoms with Crippen molar-refractivity contribution in [1.29, 1.82) is 0 Å². The van der Waals surface area contributed by atoms with Gasteiger partial charge in [0.2, 0.25) is 0 Å². The fourth-order valence-corrected chi connectivity index (χ4v) is 2.15. The molecule has 0 saturated carbocycles. The molecule has 0 N–H and O–H groups in total. The van der Waals surface area contributed by atoms with Gasteiger partial charge in [0.15, 0.2) is 0 Å². The molecule has 0 atom stereocenters. The summed E-state index contributed by atoms with van der Waals surface area (Å²) < 4.78 is 10.6. The van der Waals surface area contributed by atoms with E-state index in [4.69, 9.17) is 9.47 Å². The second-order valence-electron chi connectivity index (χ2n) is 4.56. The highest BCUT2D eigenvalue weighted by molar-refractivity contribution is 5.38. The first-order valence-corrected chi connectivity index (χ1v) is 6.57. The minimum absolute atomic E-state index is 0.856. The van der Waals surface area contributed by atoms with E-state index in [9.17, 15) is 0 Å². The van der Waals surface area contributed by atoms with Crippen LogP contribution in [0.4, 0.5) is 0 Å². The number of rotatable bonds is 6. The summed E-state index contributed by atoms with van der Waals surface area (Å²) in [6.07, 6.45) is 3.25. The zero-order valence-corrected chi connectivity index (χ0v) is 11.6. The molecule has 19 heavy (non-hydrogen) atoms. The van der Waals surface area contributed by atoms with Crippen molar-refractivity contribution in [2.24, 2.45) is 0 Å². The predicted molar refractivity (Wildman–Crippen MR) is 78.0 cm³/mol. The molecule has 0 bridgehead atoms. The molecule has 0 aromatic heterocycles. The number of hydrogen-bond acceptors (Lipinski definition) is 2. The van der Waals surface area contributed by atoms with Crippen LogP contribution in [0, 0.1) is 0 Å². The second kappa shape index (κ2) is 6.83. The number of aryl methyl sites for hydroxylation is 2. The Kier molecular flexibility index (Phi) is 4.85. The summed E-state index contributed by atoms with van der Waals surface area (Å²) in [5.41, 5.74) is 2.64. The summed E-state index contributed by atoms with van der Waals surface area (Å²) in [5.74, 6) is 1.71. The van der Waals surface area contributed by atoms with Crippen LogP contribution in [-0.4, -0.2) is 14.2 Å². The predicted octanol–water partition coefficient (Wildman–Crippen LogP) is 3.88. The molecule has 0 aliphatic rings. The van der Waals surface area contributed by atoms with Crippen molar-refractivity contribution in [1.82, 2.24) is 0 Å². The van der Waals surface area contributed by atoms with Gasteiger partial charge in [-0.1, -0.05) is 30.3 Å². The average Bonchev–Trinajstić information content (AvgIpc) is 2.48. The first kappa shape index (κ1) is 13.5. The summed E-state index contributed by atoms with van der Waals surface area (Å²) in [4.78, 5) is 0. The normalized spacial score (nSPS) is 10.2. The number of hydrogen-bond donors (Lipinski definition) is 0. The van der Waals surface area contributed by atoms with E-state index in [0.717, 1.165) is 30.8 Å². The van der Waals surface area contributed by atoms with E-state index in [0.29, 0.717) is 0 Å². The summed E-state index contributed by atoms with van der Waals surface area (Å²) in [6.45, 7) is 0. The second-order valence-corrected chi connectivity index (χ2v) is 4.56. The average molecular weight is 256 g/mol. The Morgan fingerprint density at radius 2 is 1.32 bits per heavy atom. The molecule has 0 unspecified atom stereocenters. The largest absolute Gasteiger partial charge is 0.497 e. The van der Waals surface area contributed by atoms with E-state index in [1.165, 1.54) is 11.1 Å². The van der Waals surface area contributed by atoms with Gasteiger partial charge in [0.05, 0.1) is 14.2 Å². The van der Waals surface area contributed by atoms with Gasteiger partial charge >= 0.3 is 0 Å². The molecule has 0 amide bonds. The molecular weight excluding hydrogens is 236 g/mol. The fraction of sp³-hybridized carbons (Fsp3) is 0.294. The zero-order valence-electron chi connectivity index (χ0n) is 11.6. The van der Waals surface area contributed by atoms with Crippen LogP contribution in [0.2, 0.25) is 0 Å². The molecule has 0 aliphatic heterocycles. The van der Waals surface area contributed by atoms with E-state index in [1.54, 1.807) is 14.2 Å². The van der Waals surface area contributed by atoms with E-state index < -0.39 is 0 Å². The minimum Gasteiger partial charge on any atom is -0.497 e. The maximum absolute atomic E-state index is 5.28. The Hall–Kier alpha value is -1.96. The number of methoxy groups -OCH3 is 2. The van der Waals surface area contributed by atoms with Crippen molar-refractivity contribution in [3.63, 3.8) is 0 Å². The summed E-state index contributed by atoms with van der Waals surface area (Å²) in [7, 11) is 3.37. The van der Waals surface area contributed by atoms with Crippen LogP contribution >= 0.6 is 0 Å². The van der Waals surface area contributed by atoms with E-state index >= 15 is 0 Å². The monoisotopic (exact) mass is 256 g/mol. The summed E-state index contributed by atoms with van der Waals surface area (Å²) in [5, 5.41) is 0. The Labute approximate surface area is 115 Å². The Morgan fingerprint density at radius 3 is 1.89 bits per heavy atom. The lowest BCUT2D eigenvalue weighted by atomic mass is 10.0. The molecule has 2 aromatic rings. The van der Waals surface area contributed by atoms with Gasteiger partial charge in [-0.2, -0.15) is 0 Å². The van der Waals surface area contributed by atoms with Gasteiger partial charge < -0.3 is 9.47 Å². The molecule has 0 aliphatic carbocycles.